The highest BCUT2D eigenvalue weighted by atomic mass is 15.4. The van der Waals surface area contributed by atoms with Crippen molar-refractivity contribution in [3.63, 3.8) is 0 Å². The van der Waals surface area contributed by atoms with Gasteiger partial charge in [0.15, 0.2) is 0 Å². The Balaban J connectivity index is 1.57. The van der Waals surface area contributed by atoms with Crippen LogP contribution in [0, 0.1) is 12.8 Å². The summed E-state index contributed by atoms with van der Waals surface area (Å²) in [7, 11) is 2.17. The minimum absolute atomic E-state index is 0.432. The van der Waals surface area contributed by atoms with Gasteiger partial charge in [0.05, 0.1) is 0 Å². The van der Waals surface area contributed by atoms with Crippen molar-refractivity contribution in [3.8, 4) is 0 Å². The molecule has 136 valence electrons. The molecule has 1 saturated heterocycles. The largest absolute Gasteiger partial charge is 0.355 e. The third kappa shape index (κ3) is 3.29. The molecule has 1 aliphatic heterocycles. The third-order valence-electron chi connectivity index (χ3n) is 5.47. The zero-order valence-electron chi connectivity index (χ0n) is 15.7. The molecule has 0 aliphatic carbocycles. The minimum atomic E-state index is 0.432. The van der Waals surface area contributed by atoms with Crippen LogP contribution >= 0.6 is 0 Å². The lowest BCUT2D eigenvalue weighted by Crippen LogP contribution is -2.51. The number of aromatic nitrogens is 4. The first-order valence-electron chi connectivity index (χ1n) is 9.28. The van der Waals surface area contributed by atoms with Gasteiger partial charge in [0.25, 0.3) is 5.78 Å². The highest BCUT2D eigenvalue weighted by Crippen LogP contribution is 2.27. The minimum Gasteiger partial charge on any atom is -0.355 e. The van der Waals surface area contributed by atoms with Crippen molar-refractivity contribution in [1.82, 2.24) is 24.5 Å². The molecule has 1 fully saturated rings. The molecule has 0 spiro atoms. The second kappa shape index (κ2) is 7.03. The molecule has 6 heteroatoms. The monoisotopic (exact) mass is 350 g/mol. The Hall–Kier alpha value is -2.47. The summed E-state index contributed by atoms with van der Waals surface area (Å²) in [6.07, 6.45) is 2.78. The number of piperidine rings is 1. The summed E-state index contributed by atoms with van der Waals surface area (Å²) in [5, 5.41) is 4.38. The first-order valence-corrected chi connectivity index (χ1v) is 9.28. The van der Waals surface area contributed by atoms with Gasteiger partial charge in [-0.3, -0.25) is 4.90 Å². The number of anilines is 1. The van der Waals surface area contributed by atoms with E-state index in [1.807, 2.05) is 11.4 Å². The smallest absolute Gasteiger partial charge is 0.254 e. The Morgan fingerprint density at radius 2 is 2.04 bits per heavy atom. The molecule has 2 aromatic heterocycles. The molecule has 2 atom stereocenters. The van der Waals surface area contributed by atoms with Crippen LogP contribution in [0.25, 0.3) is 5.78 Å². The third-order valence-corrected chi connectivity index (χ3v) is 5.47. The van der Waals surface area contributed by atoms with Gasteiger partial charge >= 0.3 is 0 Å². The van der Waals surface area contributed by atoms with Crippen LogP contribution < -0.4 is 4.90 Å². The summed E-state index contributed by atoms with van der Waals surface area (Å²) in [5.41, 5.74) is 2.35. The zero-order valence-corrected chi connectivity index (χ0v) is 15.7. The van der Waals surface area contributed by atoms with Crippen molar-refractivity contribution >= 4 is 11.6 Å². The highest BCUT2D eigenvalue weighted by molar-refractivity contribution is 5.47. The number of aryl methyl sites for hydroxylation is 1. The number of likely N-dealkylation sites (tertiary alicyclic amines) is 1. The maximum absolute atomic E-state index is 4.47. The summed E-state index contributed by atoms with van der Waals surface area (Å²) in [5.74, 6) is 2.35. The van der Waals surface area contributed by atoms with Crippen molar-refractivity contribution in [2.24, 2.45) is 5.92 Å². The molecule has 0 unspecified atom stereocenters. The average molecular weight is 350 g/mol. The summed E-state index contributed by atoms with van der Waals surface area (Å²) >= 11 is 0. The van der Waals surface area contributed by atoms with E-state index >= 15 is 0 Å². The molecule has 0 N–H and O–H groups in total. The van der Waals surface area contributed by atoms with E-state index in [0.29, 0.717) is 17.7 Å². The van der Waals surface area contributed by atoms with Gasteiger partial charge in [-0.15, -0.1) is 0 Å². The van der Waals surface area contributed by atoms with Crippen LogP contribution in [0.4, 0.5) is 5.82 Å². The van der Waals surface area contributed by atoms with Crippen LogP contribution in [-0.4, -0.2) is 50.7 Å². The number of hydrogen-bond acceptors (Lipinski definition) is 5. The van der Waals surface area contributed by atoms with Gasteiger partial charge in [-0.1, -0.05) is 37.3 Å². The molecule has 1 aromatic carbocycles. The van der Waals surface area contributed by atoms with Crippen LogP contribution in [0.15, 0.2) is 42.7 Å². The standard InChI is InChI=1S/C20H26N6/c1-15-9-10-25(12-17-7-5-4-6-8-17)13-18(15)24(3)19-11-16(2)23-20-21-14-22-26(19)20/h4-8,11,14-15,18H,9-10,12-13H2,1-3H3/t15-,18+/m1/s1. The van der Waals surface area contributed by atoms with Crippen LogP contribution in [0.1, 0.15) is 24.6 Å². The number of nitrogens with zero attached hydrogens (tertiary/aromatic N) is 6. The molecule has 0 amide bonds. The number of rotatable bonds is 4. The highest BCUT2D eigenvalue weighted by Gasteiger charge is 2.30. The van der Waals surface area contributed by atoms with E-state index in [1.165, 1.54) is 12.0 Å². The van der Waals surface area contributed by atoms with Crippen LogP contribution in [0.5, 0.6) is 0 Å². The fourth-order valence-corrected chi connectivity index (χ4v) is 3.94. The van der Waals surface area contributed by atoms with Gasteiger partial charge in [0, 0.05) is 37.9 Å². The Kier molecular flexibility index (Phi) is 4.59. The van der Waals surface area contributed by atoms with E-state index < -0.39 is 0 Å². The number of fused-ring (bicyclic) bond motifs is 1. The van der Waals surface area contributed by atoms with Crippen molar-refractivity contribution < 1.29 is 0 Å². The van der Waals surface area contributed by atoms with E-state index in [0.717, 1.165) is 31.1 Å². The number of benzene rings is 1. The Bertz CT molecular complexity index is 874. The molecule has 0 bridgehead atoms. The average Bonchev–Trinajstić information content (AvgIpc) is 3.11. The lowest BCUT2D eigenvalue weighted by atomic mass is 9.92. The molecule has 3 aromatic rings. The molecule has 6 nitrogen and oxygen atoms in total. The van der Waals surface area contributed by atoms with Crippen molar-refractivity contribution in [1.29, 1.82) is 0 Å². The molecular weight excluding hydrogens is 324 g/mol. The normalized spacial score (nSPS) is 21.2. The van der Waals surface area contributed by atoms with Gasteiger partial charge in [0.2, 0.25) is 0 Å². The SMILES string of the molecule is Cc1cc(N(C)[C@H]2CN(Cc3ccccc3)CC[C@H]2C)n2ncnc2n1. The number of hydrogen-bond donors (Lipinski definition) is 0. The van der Waals surface area contributed by atoms with Gasteiger partial charge in [-0.05, 0) is 31.4 Å². The van der Waals surface area contributed by atoms with E-state index in [9.17, 15) is 0 Å². The summed E-state index contributed by atoms with van der Waals surface area (Å²) in [4.78, 5) is 13.6. The van der Waals surface area contributed by atoms with Crippen LogP contribution in [0.3, 0.4) is 0 Å². The van der Waals surface area contributed by atoms with Gasteiger partial charge in [0.1, 0.15) is 12.1 Å². The van der Waals surface area contributed by atoms with Gasteiger partial charge < -0.3 is 4.90 Å². The number of likely N-dealkylation sites (N-methyl/N-ethyl adjacent to an activating group) is 1. The first kappa shape index (κ1) is 17.0. The van der Waals surface area contributed by atoms with E-state index in [2.05, 4.69) is 75.2 Å². The van der Waals surface area contributed by atoms with Gasteiger partial charge in [-0.25, -0.2) is 4.98 Å². The molecule has 3 heterocycles. The zero-order chi connectivity index (χ0) is 18.1. The Morgan fingerprint density at radius 3 is 2.85 bits per heavy atom. The molecule has 26 heavy (non-hydrogen) atoms. The van der Waals surface area contributed by atoms with E-state index in [1.54, 1.807) is 6.33 Å². The second-order valence-electron chi connectivity index (χ2n) is 7.39. The fraction of sp³-hybridized carbons (Fsp3) is 0.450. The van der Waals surface area contributed by atoms with Crippen molar-refractivity contribution in [2.45, 2.75) is 32.9 Å². The van der Waals surface area contributed by atoms with Gasteiger partial charge in [-0.2, -0.15) is 14.6 Å². The molecule has 0 saturated carbocycles. The van der Waals surface area contributed by atoms with E-state index in [-0.39, 0.29) is 0 Å². The lowest BCUT2D eigenvalue weighted by molar-refractivity contribution is 0.158. The lowest BCUT2D eigenvalue weighted by Gasteiger charge is -2.42. The van der Waals surface area contributed by atoms with Crippen LogP contribution in [0.2, 0.25) is 0 Å². The summed E-state index contributed by atoms with van der Waals surface area (Å²) in [6, 6.07) is 13.3. The quantitative estimate of drug-likeness (QED) is 0.724. The van der Waals surface area contributed by atoms with Crippen molar-refractivity contribution in [3.05, 3.63) is 54.0 Å². The maximum Gasteiger partial charge on any atom is 0.254 e. The second-order valence-corrected chi connectivity index (χ2v) is 7.39. The summed E-state index contributed by atoms with van der Waals surface area (Å²) in [6.45, 7) is 7.57. The maximum atomic E-state index is 4.47. The molecular formula is C20H26N6. The Labute approximate surface area is 154 Å². The molecule has 1 aliphatic rings. The van der Waals surface area contributed by atoms with E-state index in [4.69, 9.17) is 0 Å². The molecule has 4 rings (SSSR count). The fourth-order valence-electron chi connectivity index (χ4n) is 3.94. The topological polar surface area (TPSA) is 49.6 Å². The summed E-state index contributed by atoms with van der Waals surface area (Å²) < 4.78 is 1.84. The van der Waals surface area contributed by atoms with Crippen LogP contribution in [-0.2, 0) is 6.54 Å². The predicted molar refractivity (Wildman–Crippen MR) is 103 cm³/mol. The van der Waals surface area contributed by atoms with Crippen molar-refractivity contribution in [2.75, 3.05) is 25.0 Å². The Morgan fingerprint density at radius 1 is 1.23 bits per heavy atom. The predicted octanol–water partition coefficient (Wildman–Crippen LogP) is 2.78. The first-order chi connectivity index (χ1) is 12.6. The molecule has 0 radical (unpaired) electrons.